The highest BCUT2D eigenvalue weighted by molar-refractivity contribution is 6.04. The summed E-state index contributed by atoms with van der Waals surface area (Å²) in [6.07, 6.45) is -0.278. The van der Waals surface area contributed by atoms with Gasteiger partial charge in [0.2, 0.25) is 0 Å². The second-order valence-electron chi connectivity index (χ2n) is 7.98. The van der Waals surface area contributed by atoms with Crippen molar-refractivity contribution in [2.24, 2.45) is 0 Å². The molecule has 0 saturated heterocycles. The fourth-order valence-corrected chi connectivity index (χ4v) is 3.78. The number of nitrogens with zero attached hydrogens (tertiary/aromatic N) is 2. The number of anilines is 1. The van der Waals surface area contributed by atoms with Crippen LogP contribution < -0.4 is 10.9 Å². The number of hydrogen-bond donors (Lipinski definition) is 3. The van der Waals surface area contributed by atoms with Gasteiger partial charge in [-0.3, -0.25) is 14.3 Å². The smallest absolute Gasteiger partial charge is 0.354 e. The average Bonchev–Trinajstić information content (AvgIpc) is 3.47. The van der Waals surface area contributed by atoms with Crippen molar-refractivity contribution in [3.63, 3.8) is 0 Å². The number of benzene rings is 2. The molecule has 0 spiro atoms. The molecule has 0 radical (unpaired) electrons. The van der Waals surface area contributed by atoms with Crippen LogP contribution in [0.3, 0.4) is 0 Å². The molecule has 0 unspecified atom stereocenters. The zero-order valence-electron chi connectivity index (χ0n) is 18.1. The van der Waals surface area contributed by atoms with E-state index in [2.05, 4.69) is 20.4 Å². The van der Waals surface area contributed by atoms with Gasteiger partial charge in [-0.15, -0.1) is 0 Å². The number of para-hydroxylation sites is 1. The summed E-state index contributed by atoms with van der Waals surface area (Å²) in [5.41, 5.74) is 1.77. The number of H-pyrrole nitrogens is 2. The third-order valence-corrected chi connectivity index (χ3v) is 5.48. The molecule has 10 heteroatoms. The highest BCUT2D eigenvalue weighted by Crippen LogP contribution is 2.29. The second kappa shape index (κ2) is 8.64. The van der Waals surface area contributed by atoms with Crippen molar-refractivity contribution in [1.29, 1.82) is 0 Å². The molecule has 2 aromatic carbocycles. The van der Waals surface area contributed by atoms with E-state index < -0.39 is 17.6 Å². The van der Waals surface area contributed by atoms with E-state index in [0.717, 1.165) is 23.0 Å². The second-order valence-corrected chi connectivity index (χ2v) is 7.98. The molecule has 3 N–H and O–H groups in total. The minimum atomic E-state index is -4.44. The van der Waals surface area contributed by atoms with Crippen LogP contribution in [0, 0.1) is 0 Å². The number of aromatic nitrogens is 4. The summed E-state index contributed by atoms with van der Waals surface area (Å²) in [6.45, 7) is 0.0698. The zero-order chi connectivity index (χ0) is 24.6. The molecule has 3 aromatic heterocycles. The number of rotatable bonds is 5. The molecule has 0 bridgehead atoms. The molecular weight excluding hydrogens is 459 g/mol. The molecule has 3 heterocycles. The van der Waals surface area contributed by atoms with Crippen molar-refractivity contribution < 1.29 is 18.0 Å². The van der Waals surface area contributed by atoms with Gasteiger partial charge in [-0.1, -0.05) is 30.3 Å². The summed E-state index contributed by atoms with van der Waals surface area (Å²) in [4.78, 5) is 30.9. The van der Waals surface area contributed by atoms with Crippen LogP contribution in [-0.2, 0) is 12.7 Å². The van der Waals surface area contributed by atoms with Crippen molar-refractivity contribution in [1.82, 2.24) is 19.7 Å². The first kappa shape index (κ1) is 22.2. The van der Waals surface area contributed by atoms with E-state index >= 15 is 0 Å². The Labute approximate surface area is 196 Å². The zero-order valence-corrected chi connectivity index (χ0v) is 18.1. The standard InChI is InChI=1S/C25H18F3N5O2/c26-25(27,28)18-6-3-4-15(8-18)13-33-14-17(11-30-33)23(34)31-19-10-20(24(35)29-12-19)22-9-16-5-1-2-7-21(16)32-22/h1-12,14,32H,13H2,(H,29,35)(H,31,34). The number of pyridine rings is 1. The number of carbonyl (C=O) groups is 1. The monoisotopic (exact) mass is 477 g/mol. The first-order chi connectivity index (χ1) is 16.8. The average molecular weight is 477 g/mol. The van der Waals surface area contributed by atoms with Crippen LogP contribution in [-0.4, -0.2) is 25.7 Å². The normalized spacial score (nSPS) is 11.6. The van der Waals surface area contributed by atoms with Crippen molar-refractivity contribution in [3.05, 3.63) is 106 Å². The van der Waals surface area contributed by atoms with Gasteiger partial charge in [0.1, 0.15) is 0 Å². The van der Waals surface area contributed by atoms with Crippen molar-refractivity contribution in [2.75, 3.05) is 5.32 Å². The molecule has 7 nitrogen and oxygen atoms in total. The van der Waals surface area contributed by atoms with Crippen LogP contribution in [0.1, 0.15) is 21.5 Å². The van der Waals surface area contributed by atoms with Crippen LogP contribution in [0.25, 0.3) is 22.2 Å². The van der Waals surface area contributed by atoms with E-state index in [9.17, 15) is 22.8 Å². The number of hydrogen-bond acceptors (Lipinski definition) is 3. The molecule has 0 aliphatic heterocycles. The lowest BCUT2D eigenvalue weighted by Crippen LogP contribution is -2.15. The van der Waals surface area contributed by atoms with Gasteiger partial charge in [0, 0.05) is 23.3 Å². The summed E-state index contributed by atoms with van der Waals surface area (Å²) in [7, 11) is 0. The lowest BCUT2D eigenvalue weighted by Gasteiger charge is -2.08. The maximum Gasteiger partial charge on any atom is 0.416 e. The molecule has 35 heavy (non-hydrogen) atoms. The maximum atomic E-state index is 12.9. The van der Waals surface area contributed by atoms with Gasteiger partial charge < -0.3 is 15.3 Å². The van der Waals surface area contributed by atoms with Gasteiger partial charge in [-0.25, -0.2) is 0 Å². The fourth-order valence-electron chi connectivity index (χ4n) is 3.78. The lowest BCUT2D eigenvalue weighted by molar-refractivity contribution is -0.137. The van der Waals surface area contributed by atoms with E-state index in [1.807, 2.05) is 30.3 Å². The number of nitrogens with one attached hydrogen (secondary N) is 3. The lowest BCUT2D eigenvalue weighted by atomic mass is 10.1. The largest absolute Gasteiger partial charge is 0.416 e. The molecule has 0 saturated carbocycles. The Morgan fingerprint density at radius 2 is 1.89 bits per heavy atom. The molecular formula is C25H18F3N5O2. The highest BCUT2D eigenvalue weighted by atomic mass is 19.4. The van der Waals surface area contributed by atoms with E-state index in [-0.39, 0.29) is 17.7 Å². The third kappa shape index (κ3) is 4.72. The Morgan fingerprint density at radius 1 is 1.06 bits per heavy atom. The highest BCUT2D eigenvalue weighted by Gasteiger charge is 2.30. The Kier molecular flexibility index (Phi) is 5.48. The van der Waals surface area contributed by atoms with Gasteiger partial charge >= 0.3 is 6.18 Å². The van der Waals surface area contributed by atoms with Gasteiger partial charge in [0.15, 0.2) is 0 Å². The van der Waals surface area contributed by atoms with E-state index in [4.69, 9.17) is 0 Å². The van der Waals surface area contributed by atoms with Gasteiger partial charge in [-0.2, -0.15) is 18.3 Å². The van der Waals surface area contributed by atoms with Crippen molar-refractivity contribution in [2.45, 2.75) is 12.7 Å². The number of fused-ring (bicyclic) bond motifs is 1. The number of halogens is 3. The summed E-state index contributed by atoms with van der Waals surface area (Å²) in [5.74, 6) is -0.477. The Bertz CT molecular complexity index is 1560. The predicted molar refractivity (Wildman–Crippen MR) is 125 cm³/mol. The molecule has 0 aliphatic carbocycles. The quantitative estimate of drug-likeness (QED) is 0.331. The molecule has 5 aromatic rings. The SMILES string of the molecule is O=C(Nc1c[nH]c(=O)c(-c2cc3ccccc3[nH]2)c1)c1cnn(Cc2cccc(C(F)(F)F)c2)c1. The summed E-state index contributed by atoms with van der Waals surface area (Å²) in [6, 6.07) is 16.0. The number of alkyl halides is 3. The summed E-state index contributed by atoms with van der Waals surface area (Å²) >= 11 is 0. The molecule has 5 rings (SSSR count). The van der Waals surface area contributed by atoms with Gasteiger partial charge in [0.05, 0.1) is 40.8 Å². The molecule has 1 amide bonds. The Morgan fingerprint density at radius 3 is 2.69 bits per heavy atom. The van der Waals surface area contributed by atoms with Gasteiger partial charge in [-0.05, 0) is 35.9 Å². The molecule has 176 valence electrons. The summed E-state index contributed by atoms with van der Waals surface area (Å²) in [5, 5.41) is 7.74. The summed E-state index contributed by atoms with van der Waals surface area (Å²) < 4.78 is 40.2. The first-order valence-corrected chi connectivity index (χ1v) is 10.6. The van der Waals surface area contributed by atoms with Crippen LogP contribution in [0.15, 0.2) is 84.0 Å². The van der Waals surface area contributed by atoms with Crippen LogP contribution in [0.2, 0.25) is 0 Å². The van der Waals surface area contributed by atoms with Gasteiger partial charge in [0.25, 0.3) is 11.5 Å². The number of aromatic amines is 2. The Hall–Kier alpha value is -4.60. The first-order valence-electron chi connectivity index (χ1n) is 10.6. The van der Waals surface area contributed by atoms with E-state index in [0.29, 0.717) is 22.5 Å². The maximum absolute atomic E-state index is 12.9. The van der Waals surface area contributed by atoms with Crippen molar-refractivity contribution >= 4 is 22.5 Å². The minimum Gasteiger partial charge on any atom is -0.354 e. The molecule has 0 aliphatic rings. The topological polar surface area (TPSA) is 95.6 Å². The van der Waals surface area contributed by atoms with Crippen LogP contribution >= 0.6 is 0 Å². The molecule has 0 atom stereocenters. The molecule has 0 fully saturated rings. The van der Waals surface area contributed by atoms with Crippen molar-refractivity contribution in [3.8, 4) is 11.3 Å². The van der Waals surface area contributed by atoms with Crippen LogP contribution in [0.4, 0.5) is 18.9 Å². The third-order valence-electron chi connectivity index (χ3n) is 5.48. The fraction of sp³-hybridized carbons (Fsp3) is 0.0800. The van der Waals surface area contributed by atoms with E-state index in [1.165, 1.54) is 29.3 Å². The Balaban J connectivity index is 1.33. The minimum absolute atomic E-state index is 0.0698. The van der Waals surface area contributed by atoms with E-state index in [1.54, 1.807) is 12.1 Å². The van der Waals surface area contributed by atoms with Crippen LogP contribution in [0.5, 0.6) is 0 Å². The predicted octanol–water partition coefficient (Wildman–Crippen LogP) is 5.04. The number of amides is 1. The number of carbonyl (C=O) groups excluding carboxylic acids is 1.